The molecule has 1 aromatic rings. The predicted molar refractivity (Wildman–Crippen MR) is 84.4 cm³/mol. The van der Waals surface area contributed by atoms with Crippen LogP contribution in [0.15, 0.2) is 42.5 Å². The zero-order chi connectivity index (χ0) is 14.4. The molecular formula is C18H18NO. The van der Waals surface area contributed by atoms with Crippen LogP contribution in [-0.2, 0) is 4.79 Å². The van der Waals surface area contributed by atoms with E-state index in [-0.39, 0.29) is 5.78 Å². The first-order valence-corrected chi connectivity index (χ1v) is 6.55. The highest BCUT2D eigenvalue weighted by atomic mass is 16.1. The highest BCUT2D eigenvalue weighted by molar-refractivity contribution is 6.05. The molecule has 1 aliphatic rings. The van der Waals surface area contributed by atoms with Crippen molar-refractivity contribution in [3.8, 4) is 0 Å². The number of hydrogen-bond acceptors (Lipinski definition) is 2. The summed E-state index contributed by atoms with van der Waals surface area (Å²) in [7, 11) is 4.03. The molecule has 0 amide bonds. The van der Waals surface area contributed by atoms with E-state index in [2.05, 4.69) is 29.2 Å². The normalized spacial score (nSPS) is 16.3. The van der Waals surface area contributed by atoms with Gasteiger partial charge in [0.25, 0.3) is 0 Å². The lowest BCUT2D eigenvalue weighted by atomic mass is 10.0. The van der Waals surface area contributed by atoms with E-state index in [4.69, 9.17) is 0 Å². The number of rotatable bonds is 5. The predicted octanol–water partition coefficient (Wildman–Crippen LogP) is 3.30. The monoisotopic (exact) mass is 264 g/mol. The van der Waals surface area contributed by atoms with E-state index >= 15 is 0 Å². The van der Waals surface area contributed by atoms with Gasteiger partial charge in [-0.15, -0.1) is 0 Å². The fourth-order valence-corrected chi connectivity index (χ4v) is 1.83. The van der Waals surface area contributed by atoms with E-state index in [0.717, 1.165) is 11.5 Å². The number of nitrogens with zero attached hydrogens (tertiary/aromatic N) is 1. The molecule has 1 fully saturated rings. The summed E-state index contributed by atoms with van der Waals surface area (Å²) in [5.74, 6) is 0.757. The van der Waals surface area contributed by atoms with Gasteiger partial charge in [-0.1, -0.05) is 30.4 Å². The maximum Gasteiger partial charge on any atom is 0.163 e. The molecule has 0 atom stereocenters. The van der Waals surface area contributed by atoms with Crippen molar-refractivity contribution in [1.29, 1.82) is 0 Å². The molecule has 2 nitrogen and oxygen atoms in total. The van der Waals surface area contributed by atoms with E-state index in [1.54, 1.807) is 12.2 Å². The Hall–Kier alpha value is -1.83. The average molecular weight is 264 g/mol. The molecule has 0 heterocycles. The van der Waals surface area contributed by atoms with Crippen LogP contribution in [0.4, 0.5) is 5.69 Å². The lowest BCUT2D eigenvalue weighted by molar-refractivity contribution is -0.112. The van der Waals surface area contributed by atoms with E-state index < -0.39 is 0 Å². The molecule has 0 unspecified atom stereocenters. The van der Waals surface area contributed by atoms with Gasteiger partial charge < -0.3 is 4.90 Å². The van der Waals surface area contributed by atoms with Crippen molar-refractivity contribution in [3.05, 3.63) is 79.7 Å². The summed E-state index contributed by atoms with van der Waals surface area (Å²) in [6.07, 6.45) is 14.6. The Bertz CT molecular complexity index is 491. The molecule has 0 bridgehead atoms. The van der Waals surface area contributed by atoms with Crippen LogP contribution >= 0.6 is 0 Å². The van der Waals surface area contributed by atoms with Crippen molar-refractivity contribution >= 4 is 17.5 Å². The van der Waals surface area contributed by atoms with Crippen LogP contribution in [0.3, 0.4) is 0 Å². The SMILES string of the molecule is CN(C)c1ccc(/C=C/C=C/C(=O)[C]2[CH][CH][CH][CH]2)cc1. The second-order valence-electron chi connectivity index (χ2n) is 4.74. The van der Waals surface area contributed by atoms with Crippen LogP contribution in [0.25, 0.3) is 6.08 Å². The molecule has 1 aliphatic carbocycles. The van der Waals surface area contributed by atoms with Gasteiger partial charge in [0.1, 0.15) is 0 Å². The molecule has 5 radical (unpaired) electrons. The molecule has 2 heteroatoms. The fraction of sp³-hybridized carbons (Fsp3) is 0.111. The molecule has 2 rings (SSSR count). The van der Waals surface area contributed by atoms with Crippen LogP contribution in [0.1, 0.15) is 5.56 Å². The van der Waals surface area contributed by atoms with Crippen molar-refractivity contribution in [2.24, 2.45) is 0 Å². The Kier molecular flexibility index (Phi) is 5.16. The number of benzene rings is 1. The van der Waals surface area contributed by atoms with E-state index in [0.29, 0.717) is 0 Å². The van der Waals surface area contributed by atoms with Crippen molar-refractivity contribution in [3.63, 3.8) is 0 Å². The third-order valence-electron chi connectivity index (χ3n) is 3.00. The molecule has 0 aliphatic heterocycles. The summed E-state index contributed by atoms with van der Waals surface area (Å²) in [5.41, 5.74) is 2.28. The average Bonchev–Trinajstić information content (AvgIpc) is 2.98. The summed E-state index contributed by atoms with van der Waals surface area (Å²) >= 11 is 0. The van der Waals surface area contributed by atoms with Gasteiger partial charge in [0.05, 0.1) is 5.92 Å². The first-order chi connectivity index (χ1) is 9.66. The van der Waals surface area contributed by atoms with E-state index in [9.17, 15) is 4.79 Å². The molecular weight excluding hydrogens is 246 g/mol. The molecule has 0 spiro atoms. The molecule has 20 heavy (non-hydrogen) atoms. The standard InChI is InChI=1S/C18H18NO/c1-19(2)17-13-11-15(12-14-17)7-3-6-10-18(20)16-8-4-5-9-16/h3-14H,1-2H3/b7-3+,10-6+. The number of carbonyl (C=O) groups excluding carboxylic acids is 1. The molecule has 1 aromatic carbocycles. The second-order valence-corrected chi connectivity index (χ2v) is 4.74. The van der Waals surface area contributed by atoms with Gasteiger partial charge in [-0.25, -0.2) is 0 Å². The third kappa shape index (κ3) is 4.09. The van der Waals surface area contributed by atoms with Crippen molar-refractivity contribution in [1.82, 2.24) is 0 Å². The topological polar surface area (TPSA) is 20.3 Å². The number of carbonyl (C=O) groups is 1. The highest BCUT2D eigenvalue weighted by Gasteiger charge is 2.21. The van der Waals surface area contributed by atoms with Gasteiger partial charge >= 0.3 is 0 Å². The fourth-order valence-electron chi connectivity index (χ4n) is 1.83. The van der Waals surface area contributed by atoms with Crippen LogP contribution in [0.2, 0.25) is 0 Å². The third-order valence-corrected chi connectivity index (χ3v) is 3.00. The van der Waals surface area contributed by atoms with E-state index in [1.165, 1.54) is 5.69 Å². The first kappa shape index (κ1) is 14.6. The Labute approximate surface area is 121 Å². The van der Waals surface area contributed by atoms with Gasteiger partial charge in [-0.3, -0.25) is 4.79 Å². The smallest absolute Gasteiger partial charge is 0.163 e. The highest BCUT2D eigenvalue weighted by Crippen LogP contribution is 2.24. The minimum Gasteiger partial charge on any atom is -0.378 e. The lowest BCUT2D eigenvalue weighted by Crippen LogP contribution is -2.07. The summed E-state index contributed by atoms with van der Waals surface area (Å²) in [5, 5.41) is 0. The number of anilines is 1. The maximum atomic E-state index is 11.7. The van der Waals surface area contributed by atoms with Crippen molar-refractivity contribution in [2.45, 2.75) is 0 Å². The van der Waals surface area contributed by atoms with Gasteiger partial charge in [0.2, 0.25) is 0 Å². The van der Waals surface area contributed by atoms with Crippen LogP contribution in [-0.4, -0.2) is 19.9 Å². The maximum absolute atomic E-state index is 11.7. The number of ketones is 1. The quantitative estimate of drug-likeness (QED) is 0.601. The molecule has 0 N–H and O–H groups in total. The molecule has 0 saturated heterocycles. The van der Waals surface area contributed by atoms with Gasteiger partial charge in [-0.05, 0) is 49.5 Å². The number of allylic oxidation sites excluding steroid dienone is 3. The van der Waals surface area contributed by atoms with Crippen molar-refractivity contribution in [2.75, 3.05) is 19.0 Å². The minimum atomic E-state index is 0.0302. The summed E-state index contributed by atoms with van der Waals surface area (Å²) < 4.78 is 0. The number of hydrogen-bond donors (Lipinski definition) is 0. The zero-order valence-electron chi connectivity index (χ0n) is 11.8. The summed E-state index contributed by atoms with van der Waals surface area (Å²) in [6, 6.07) is 8.24. The summed E-state index contributed by atoms with van der Waals surface area (Å²) in [4.78, 5) is 13.8. The Balaban J connectivity index is 1.87. The van der Waals surface area contributed by atoms with E-state index in [1.807, 2.05) is 51.9 Å². The Morgan fingerprint density at radius 3 is 2.25 bits per heavy atom. The van der Waals surface area contributed by atoms with Gasteiger partial charge in [0, 0.05) is 19.8 Å². The molecule has 1 saturated carbocycles. The second kappa shape index (κ2) is 7.09. The minimum absolute atomic E-state index is 0.0302. The summed E-state index contributed by atoms with van der Waals surface area (Å²) in [6.45, 7) is 0. The lowest BCUT2D eigenvalue weighted by Gasteiger charge is -2.11. The zero-order valence-corrected chi connectivity index (χ0v) is 11.8. The Morgan fingerprint density at radius 1 is 1.00 bits per heavy atom. The van der Waals surface area contributed by atoms with Crippen LogP contribution < -0.4 is 4.90 Å². The van der Waals surface area contributed by atoms with Crippen LogP contribution in [0.5, 0.6) is 0 Å². The Morgan fingerprint density at radius 2 is 1.65 bits per heavy atom. The molecule has 0 aromatic heterocycles. The van der Waals surface area contributed by atoms with Gasteiger partial charge in [0.15, 0.2) is 5.78 Å². The van der Waals surface area contributed by atoms with Crippen molar-refractivity contribution < 1.29 is 4.79 Å². The first-order valence-electron chi connectivity index (χ1n) is 6.55. The molecule has 101 valence electrons. The van der Waals surface area contributed by atoms with Crippen LogP contribution in [0, 0.1) is 31.6 Å². The largest absolute Gasteiger partial charge is 0.378 e. The van der Waals surface area contributed by atoms with Gasteiger partial charge in [-0.2, -0.15) is 0 Å².